The summed E-state index contributed by atoms with van der Waals surface area (Å²) in [6.45, 7) is 5.13. The van der Waals surface area contributed by atoms with Crippen molar-refractivity contribution in [2.24, 2.45) is 34.5 Å². The van der Waals surface area contributed by atoms with Crippen LogP contribution in [0.15, 0.2) is 11.6 Å². The molecule has 7 atom stereocenters. The lowest BCUT2D eigenvalue weighted by Crippen LogP contribution is -2.53. The average Bonchev–Trinajstić information content (AvgIpc) is 2.81. The molecule has 0 aliphatic heterocycles. The van der Waals surface area contributed by atoms with Gasteiger partial charge in [0.15, 0.2) is 0 Å². The molecule has 0 aromatic rings. The smallest absolute Gasteiger partial charge is 0.0641 e. The van der Waals surface area contributed by atoms with Crippen molar-refractivity contribution in [2.75, 3.05) is 6.61 Å². The summed E-state index contributed by atoms with van der Waals surface area (Å²) >= 11 is 0. The number of allylic oxidation sites excluding steroid dienone is 1. The minimum atomic E-state index is -0.0664. The number of fused-ring (bicyclic) bond motifs is 5. The molecule has 2 heteroatoms. The first-order chi connectivity index (χ1) is 10.5. The van der Waals surface area contributed by atoms with Crippen LogP contribution in [0, 0.1) is 34.5 Å². The SMILES string of the molecule is C[C@]12CC(CO)=CC[C@H]1CC[C@@H]1[C@@H]2CC[C@]2(C)[C@@H](O)CC[C@@H]12. The largest absolute Gasteiger partial charge is 0.393 e. The summed E-state index contributed by atoms with van der Waals surface area (Å²) in [6.07, 6.45) is 12.0. The fourth-order valence-electron chi connectivity index (χ4n) is 7.16. The monoisotopic (exact) mass is 304 g/mol. The van der Waals surface area contributed by atoms with Crippen LogP contribution in [0.25, 0.3) is 0 Å². The Morgan fingerprint density at radius 1 is 1.05 bits per heavy atom. The second-order valence-corrected chi connectivity index (χ2v) is 9.23. The molecule has 124 valence electrons. The third kappa shape index (κ3) is 1.92. The summed E-state index contributed by atoms with van der Waals surface area (Å²) in [5.41, 5.74) is 1.86. The van der Waals surface area contributed by atoms with Gasteiger partial charge in [-0.3, -0.25) is 0 Å². The Balaban J connectivity index is 1.64. The van der Waals surface area contributed by atoms with Crippen molar-refractivity contribution in [3.8, 4) is 0 Å². The maximum atomic E-state index is 10.5. The number of aliphatic hydroxyl groups is 2. The topological polar surface area (TPSA) is 40.5 Å². The zero-order valence-corrected chi connectivity index (χ0v) is 14.2. The van der Waals surface area contributed by atoms with Crippen LogP contribution in [0.3, 0.4) is 0 Å². The molecule has 4 rings (SSSR count). The molecule has 4 aliphatic rings. The lowest BCUT2D eigenvalue weighted by atomic mass is 9.45. The Morgan fingerprint density at radius 3 is 2.59 bits per heavy atom. The average molecular weight is 304 g/mol. The van der Waals surface area contributed by atoms with Crippen LogP contribution >= 0.6 is 0 Å². The van der Waals surface area contributed by atoms with Gasteiger partial charge in [0, 0.05) is 0 Å². The van der Waals surface area contributed by atoms with Gasteiger partial charge in [0.1, 0.15) is 0 Å². The van der Waals surface area contributed by atoms with Crippen LogP contribution in [0.4, 0.5) is 0 Å². The molecule has 0 aromatic carbocycles. The van der Waals surface area contributed by atoms with Gasteiger partial charge in [-0.25, -0.2) is 0 Å². The van der Waals surface area contributed by atoms with E-state index in [1.54, 1.807) is 0 Å². The molecule has 0 bridgehead atoms. The molecule has 0 amide bonds. The predicted octanol–water partition coefficient (Wildman–Crippen LogP) is 3.92. The molecule has 0 radical (unpaired) electrons. The molecule has 2 nitrogen and oxygen atoms in total. The molecule has 2 N–H and O–H groups in total. The molecule has 0 aromatic heterocycles. The van der Waals surface area contributed by atoms with Crippen molar-refractivity contribution in [3.63, 3.8) is 0 Å². The highest BCUT2D eigenvalue weighted by molar-refractivity contribution is 5.17. The van der Waals surface area contributed by atoms with Crippen LogP contribution in [0.5, 0.6) is 0 Å². The zero-order chi connectivity index (χ0) is 15.5. The molecule has 0 heterocycles. The van der Waals surface area contributed by atoms with Crippen LogP contribution in [0.2, 0.25) is 0 Å². The van der Waals surface area contributed by atoms with Crippen molar-refractivity contribution in [1.29, 1.82) is 0 Å². The second-order valence-electron chi connectivity index (χ2n) is 9.23. The van der Waals surface area contributed by atoms with Crippen molar-refractivity contribution in [2.45, 2.75) is 71.3 Å². The van der Waals surface area contributed by atoms with E-state index in [2.05, 4.69) is 19.9 Å². The highest BCUT2D eigenvalue weighted by atomic mass is 16.3. The van der Waals surface area contributed by atoms with Crippen LogP contribution in [-0.2, 0) is 0 Å². The maximum Gasteiger partial charge on any atom is 0.0641 e. The first kappa shape index (κ1) is 15.2. The molecule has 3 saturated carbocycles. The van der Waals surface area contributed by atoms with Crippen molar-refractivity contribution in [3.05, 3.63) is 11.6 Å². The van der Waals surface area contributed by atoms with E-state index in [1.807, 2.05) is 0 Å². The zero-order valence-electron chi connectivity index (χ0n) is 14.2. The number of rotatable bonds is 1. The van der Waals surface area contributed by atoms with Gasteiger partial charge in [-0.1, -0.05) is 19.9 Å². The second kappa shape index (κ2) is 5.08. The van der Waals surface area contributed by atoms with E-state index in [0.29, 0.717) is 5.41 Å². The summed E-state index contributed by atoms with van der Waals surface area (Å²) in [6, 6.07) is 0. The minimum Gasteiger partial charge on any atom is -0.393 e. The predicted molar refractivity (Wildman–Crippen MR) is 88.3 cm³/mol. The van der Waals surface area contributed by atoms with Crippen molar-refractivity contribution >= 4 is 0 Å². The molecule has 0 saturated heterocycles. The van der Waals surface area contributed by atoms with Gasteiger partial charge in [0.05, 0.1) is 12.7 Å². The molecule has 0 spiro atoms. The van der Waals surface area contributed by atoms with E-state index >= 15 is 0 Å². The van der Waals surface area contributed by atoms with Gasteiger partial charge in [-0.15, -0.1) is 0 Å². The standard InChI is InChI=1S/C20H32O2/c1-19-10-9-17-15(16(19)7-8-18(19)22)6-5-14-4-3-13(12-21)11-20(14,17)2/h3,14-18,21-22H,4-12H2,1-2H3/t14-,15-,16-,17-,18-,19-,20-/m0/s1. The normalized spacial score (nSPS) is 54.2. The third-order valence-corrected chi connectivity index (χ3v) is 8.52. The van der Waals surface area contributed by atoms with Gasteiger partial charge >= 0.3 is 0 Å². The quantitative estimate of drug-likeness (QED) is 0.721. The van der Waals surface area contributed by atoms with E-state index in [0.717, 1.165) is 36.5 Å². The Hall–Kier alpha value is -0.340. The summed E-state index contributed by atoms with van der Waals surface area (Å²) < 4.78 is 0. The van der Waals surface area contributed by atoms with Gasteiger partial charge in [-0.05, 0) is 91.4 Å². The number of hydrogen-bond acceptors (Lipinski definition) is 2. The highest BCUT2D eigenvalue weighted by Gasteiger charge is 2.59. The molecule has 0 unspecified atom stereocenters. The number of hydrogen-bond donors (Lipinski definition) is 2. The van der Waals surface area contributed by atoms with Crippen LogP contribution in [-0.4, -0.2) is 22.9 Å². The third-order valence-electron chi connectivity index (χ3n) is 8.52. The molecule has 4 aliphatic carbocycles. The first-order valence-electron chi connectivity index (χ1n) is 9.46. The van der Waals surface area contributed by atoms with Crippen molar-refractivity contribution < 1.29 is 10.2 Å². The Bertz CT molecular complexity index is 484. The number of aliphatic hydroxyl groups excluding tert-OH is 2. The fraction of sp³-hybridized carbons (Fsp3) is 0.900. The van der Waals surface area contributed by atoms with Crippen molar-refractivity contribution in [1.82, 2.24) is 0 Å². The van der Waals surface area contributed by atoms with Crippen LogP contribution < -0.4 is 0 Å². The Labute approximate surface area is 135 Å². The van der Waals surface area contributed by atoms with Gasteiger partial charge < -0.3 is 10.2 Å². The molecular weight excluding hydrogens is 272 g/mol. The highest BCUT2D eigenvalue weighted by Crippen LogP contribution is 2.66. The summed E-state index contributed by atoms with van der Waals surface area (Å²) in [5.74, 6) is 3.18. The minimum absolute atomic E-state index is 0.0664. The van der Waals surface area contributed by atoms with E-state index in [9.17, 15) is 10.2 Å². The molecular formula is C20H32O2. The van der Waals surface area contributed by atoms with E-state index in [-0.39, 0.29) is 18.1 Å². The van der Waals surface area contributed by atoms with E-state index in [4.69, 9.17) is 0 Å². The Kier molecular flexibility index (Phi) is 3.51. The van der Waals surface area contributed by atoms with E-state index < -0.39 is 0 Å². The van der Waals surface area contributed by atoms with E-state index in [1.165, 1.54) is 44.1 Å². The lowest BCUT2D eigenvalue weighted by molar-refractivity contribution is -0.110. The van der Waals surface area contributed by atoms with Crippen LogP contribution in [0.1, 0.15) is 65.2 Å². The summed E-state index contributed by atoms with van der Waals surface area (Å²) in [7, 11) is 0. The van der Waals surface area contributed by atoms with Gasteiger partial charge in [0.25, 0.3) is 0 Å². The Morgan fingerprint density at radius 2 is 1.82 bits per heavy atom. The summed E-state index contributed by atoms with van der Waals surface area (Å²) in [4.78, 5) is 0. The van der Waals surface area contributed by atoms with Gasteiger partial charge in [-0.2, -0.15) is 0 Å². The fourth-order valence-corrected chi connectivity index (χ4v) is 7.16. The molecule has 22 heavy (non-hydrogen) atoms. The summed E-state index contributed by atoms with van der Waals surface area (Å²) in [5, 5.41) is 20.1. The lowest BCUT2D eigenvalue weighted by Gasteiger charge is -2.60. The van der Waals surface area contributed by atoms with Gasteiger partial charge in [0.2, 0.25) is 0 Å². The maximum absolute atomic E-state index is 10.5. The molecule has 3 fully saturated rings. The first-order valence-corrected chi connectivity index (χ1v) is 9.46.